The summed E-state index contributed by atoms with van der Waals surface area (Å²) in [4.78, 5) is 2.40. The number of likely N-dealkylation sites (N-methyl/N-ethyl adjacent to an activating group) is 1. The molecule has 0 aliphatic carbocycles. The van der Waals surface area contributed by atoms with Crippen molar-refractivity contribution in [3.8, 4) is 5.69 Å². The Morgan fingerprint density at radius 1 is 1.04 bits per heavy atom. The minimum atomic E-state index is 0.904. The smallest absolute Gasteiger partial charge is 0.115 e. The van der Waals surface area contributed by atoms with Crippen LogP contribution in [-0.2, 0) is 0 Å². The molecular weight excluding hydrogens is 286 g/mol. The van der Waals surface area contributed by atoms with Crippen molar-refractivity contribution in [2.75, 3.05) is 31.5 Å². The first-order valence-electron chi connectivity index (χ1n) is 8.19. The number of para-hydroxylation sites is 1. The molecule has 0 atom stereocenters. The molecule has 0 unspecified atom stereocenters. The maximum absolute atomic E-state index is 4.29. The van der Waals surface area contributed by atoms with E-state index in [0.29, 0.717) is 0 Å². The van der Waals surface area contributed by atoms with Gasteiger partial charge in [-0.3, -0.25) is 0 Å². The van der Waals surface area contributed by atoms with E-state index in [4.69, 9.17) is 0 Å². The normalized spacial score (nSPS) is 11.3. The number of hydrogen-bond acceptors (Lipinski definition) is 4. The fourth-order valence-electron chi connectivity index (χ4n) is 2.69. The summed E-state index contributed by atoms with van der Waals surface area (Å²) in [7, 11) is 0. The summed E-state index contributed by atoms with van der Waals surface area (Å²) in [6, 6.07) is 16.3. The maximum Gasteiger partial charge on any atom is 0.115 e. The molecule has 0 spiro atoms. The minimum Gasteiger partial charge on any atom is -0.384 e. The topological polar surface area (TPSA) is 46.0 Å². The van der Waals surface area contributed by atoms with Gasteiger partial charge in [-0.1, -0.05) is 37.3 Å². The van der Waals surface area contributed by atoms with Crippen molar-refractivity contribution < 1.29 is 0 Å². The van der Waals surface area contributed by atoms with Crippen LogP contribution in [0.3, 0.4) is 0 Å². The lowest BCUT2D eigenvalue weighted by Gasteiger charge is -2.18. The van der Waals surface area contributed by atoms with Gasteiger partial charge in [-0.25, -0.2) is 4.68 Å². The van der Waals surface area contributed by atoms with Crippen LogP contribution >= 0.6 is 0 Å². The van der Waals surface area contributed by atoms with E-state index in [2.05, 4.69) is 52.6 Å². The van der Waals surface area contributed by atoms with Crippen molar-refractivity contribution in [2.24, 2.45) is 0 Å². The number of rotatable bonds is 7. The van der Waals surface area contributed by atoms with Crippen LogP contribution in [0.1, 0.15) is 13.8 Å². The number of hydrogen-bond donors (Lipinski definition) is 1. The second-order valence-electron chi connectivity index (χ2n) is 5.49. The highest BCUT2D eigenvalue weighted by Crippen LogP contribution is 2.19. The second kappa shape index (κ2) is 7.24. The van der Waals surface area contributed by atoms with Gasteiger partial charge in [-0.05, 0) is 43.4 Å². The van der Waals surface area contributed by atoms with Crippen molar-refractivity contribution in [3.63, 3.8) is 0 Å². The van der Waals surface area contributed by atoms with E-state index < -0.39 is 0 Å². The van der Waals surface area contributed by atoms with E-state index in [9.17, 15) is 0 Å². The van der Waals surface area contributed by atoms with Crippen molar-refractivity contribution in [1.29, 1.82) is 0 Å². The van der Waals surface area contributed by atoms with Crippen LogP contribution < -0.4 is 5.32 Å². The molecule has 0 saturated carbocycles. The Hall–Kier alpha value is -2.40. The van der Waals surface area contributed by atoms with Gasteiger partial charge < -0.3 is 10.2 Å². The molecular formula is C18H23N5. The zero-order valence-electron chi connectivity index (χ0n) is 13.7. The molecule has 0 bridgehead atoms. The maximum atomic E-state index is 4.29. The summed E-state index contributed by atoms with van der Waals surface area (Å²) in [5.74, 6) is 0. The Labute approximate surface area is 136 Å². The summed E-state index contributed by atoms with van der Waals surface area (Å²) in [5.41, 5.74) is 4.04. The third-order valence-corrected chi connectivity index (χ3v) is 4.10. The average molecular weight is 309 g/mol. The predicted octanol–water partition coefficient (Wildman–Crippen LogP) is 3.17. The molecule has 0 radical (unpaired) electrons. The highest BCUT2D eigenvalue weighted by Gasteiger charge is 2.07. The molecule has 23 heavy (non-hydrogen) atoms. The Bertz CT molecular complexity index is 746. The Morgan fingerprint density at radius 3 is 2.57 bits per heavy atom. The van der Waals surface area contributed by atoms with E-state index in [-0.39, 0.29) is 0 Å². The fourth-order valence-corrected chi connectivity index (χ4v) is 2.69. The Morgan fingerprint density at radius 2 is 1.83 bits per heavy atom. The van der Waals surface area contributed by atoms with Gasteiger partial charge in [0, 0.05) is 18.8 Å². The molecule has 1 N–H and O–H groups in total. The summed E-state index contributed by atoms with van der Waals surface area (Å²) in [5, 5.41) is 12.0. The lowest BCUT2D eigenvalue weighted by molar-refractivity contribution is 0.316. The highest BCUT2D eigenvalue weighted by molar-refractivity contribution is 5.80. The van der Waals surface area contributed by atoms with Gasteiger partial charge in [0.25, 0.3) is 0 Å². The van der Waals surface area contributed by atoms with E-state index in [1.54, 1.807) is 0 Å². The zero-order chi connectivity index (χ0) is 16.1. The van der Waals surface area contributed by atoms with Gasteiger partial charge >= 0.3 is 0 Å². The third-order valence-electron chi connectivity index (χ3n) is 4.10. The van der Waals surface area contributed by atoms with E-state index >= 15 is 0 Å². The monoisotopic (exact) mass is 309 g/mol. The van der Waals surface area contributed by atoms with Crippen molar-refractivity contribution in [3.05, 3.63) is 48.5 Å². The number of benzene rings is 2. The highest BCUT2D eigenvalue weighted by atomic mass is 15.4. The molecule has 2 aromatic carbocycles. The SMILES string of the molecule is CCN(CC)CCNc1ccc2c(c1)nnn2-c1ccccc1. The first-order valence-corrected chi connectivity index (χ1v) is 8.19. The van der Waals surface area contributed by atoms with Crippen LogP contribution in [0, 0.1) is 0 Å². The number of anilines is 1. The summed E-state index contributed by atoms with van der Waals surface area (Å²) >= 11 is 0. The largest absolute Gasteiger partial charge is 0.384 e. The van der Waals surface area contributed by atoms with Gasteiger partial charge in [0.1, 0.15) is 5.52 Å². The van der Waals surface area contributed by atoms with Crippen molar-refractivity contribution >= 4 is 16.7 Å². The van der Waals surface area contributed by atoms with E-state index in [0.717, 1.165) is 48.6 Å². The zero-order valence-corrected chi connectivity index (χ0v) is 13.7. The van der Waals surface area contributed by atoms with Crippen LogP contribution in [0.4, 0.5) is 5.69 Å². The molecule has 3 aromatic rings. The molecule has 1 heterocycles. The minimum absolute atomic E-state index is 0.904. The number of nitrogens with zero attached hydrogens (tertiary/aromatic N) is 4. The lowest BCUT2D eigenvalue weighted by Crippen LogP contribution is -2.28. The third kappa shape index (κ3) is 3.51. The van der Waals surface area contributed by atoms with Gasteiger partial charge in [0.2, 0.25) is 0 Å². The molecule has 1 aromatic heterocycles. The molecule has 3 rings (SSSR count). The quantitative estimate of drug-likeness (QED) is 0.728. The molecule has 120 valence electrons. The van der Waals surface area contributed by atoms with Gasteiger partial charge in [0.05, 0.1) is 11.2 Å². The number of aromatic nitrogens is 3. The molecule has 5 nitrogen and oxygen atoms in total. The number of nitrogens with one attached hydrogen (secondary N) is 1. The van der Waals surface area contributed by atoms with Crippen LogP contribution in [0.25, 0.3) is 16.7 Å². The fraction of sp³-hybridized carbons (Fsp3) is 0.333. The predicted molar refractivity (Wildman–Crippen MR) is 95.1 cm³/mol. The van der Waals surface area contributed by atoms with Crippen molar-refractivity contribution in [1.82, 2.24) is 19.9 Å². The van der Waals surface area contributed by atoms with Gasteiger partial charge in [0.15, 0.2) is 0 Å². The summed E-state index contributed by atoms with van der Waals surface area (Å²) < 4.78 is 1.87. The first kappa shape index (κ1) is 15.5. The van der Waals surface area contributed by atoms with Crippen LogP contribution in [-0.4, -0.2) is 46.1 Å². The standard InChI is InChI=1S/C18H23N5/c1-3-22(4-2)13-12-19-15-10-11-18-17(14-15)20-21-23(18)16-8-6-5-7-9-16/h5-11,14,19H,3-4,12-13H2,1-2H3. The summed E-state index contributed by atoms with van der Waals surface area (Å²) in [6.45, 7) is 8.53. The summed E-state index contributed by atoms with van der Waals surface area (Å²) in [6.07, 6.45) is 0. The Kier molecular flexibility index (Phi) is 4.88. The number of fused-ring (bicyclic) bond motifs is 1. The van der Waals surface area contributed by atoms with Gasteiger partial charge in [-0.2, -0.15) is 0 Å². The van der Waals surface area contributed by atoms with Crippen molar-refractivity contribution in [2.45, 2.75) is 13.8 Å². The second-order valence-corrected chi connectivity index (χ2v) is 5.49. The molecule has 0 aliphatic heterocycles. The first-order chi connectivity index (χ1) is 11.3. The van der Waals surface area contributed by atoms with Crippen LogP contribution in [0.15, 0.2) is 48.5 Å². The lowest BCUT2D eigenvalue weighted by atomic mass is 10.2. The Balaban J connectivity index is 1.74. The van der Waals surface area contributed by atoms with Gasteiger partial charge in [-0.15, -0.1) is 5.10 Å². The molecule has 0 fully saturated rings. The molecule has 0 saturated heterocycles. The van der Waals surface area contributed by atoms with Crippen LogP contribution in [0.5, 0.6) is 0 Å². The molecule has 5 heteroatoms. The van der Waals surface area contributed by atoms with E-state index in [1.165, 1.54) is 0 Å². The van der Waals surface area contributed by atoms with E-state index in [1.807, 2.05) is 35.0 Å². The van der Waals surface area contributed by atoms with Crippen LogP contribution in [0.2, 0.25) is 0 Å². The molecule has 0 amide bonds. The average Bonchev–Trinajstić information content (AvgIpc) is 3.03. The molecule has 0 aliphatic rings.